The van der Waals surface area contributed by atoms with Crippen molar-refractivity contribution < 1.29 is 14.3 Å². The van der Waals surface area contributed by atoms with Gasteiger partial charge in [-0.2, -0.15) is 0 Å². The zero-order valence-electron chi connectivity index (χ0n) is 17.4. The SMILES string of the molecule is O=C1N/C(=N/C2=CC3=C(CC2)OCCO3)C(C2=C=C=C(Br)C=C2)N1c1ccc2[nH]cnc2c1. The summed E-state index contributed by atoms with van der Waals surface area (Å²) in [7, 11) is 0. The van der Waals surface area contributed by atoms with Crippen molar-refractivity contribution in [2.75, 3.05) is 18.1 Å². The number of amidine groups is 1. The standard InChI is InChI=1S/C24H18BrN5O3/c25-15-3-1-14(2-4-15)22-23(28-16-5-8-20-21(11-16)33-10-9-32-20)29-24(31)30(22)17-6-7-18-19(12-17)27-13-26-18/h1,3,6-7,11-13,22H,5,8-10H2,(H,26,27)(H,28,29,31). The molecule has 8 nitrogen and oxygen atoms in total. The second kappa shape index (κ2) is 7.98. The number of fused-ring (bicyclic) bond motifs is 1. The first kappa shape index (κ1) is 19.9. The topological polar surface area (TPSA) is 91.8 Å². The van der Waals surface area contributed by atoms with Crippen molar-refractivity contribution in [1.29, 1.82) is 0 Å². The number of rotatable bonds is 3. The molecular weight excluding hydrogens is 486 g/mol. The number of amides is 2. The molecule has 2 amide bonds. The van der Waals surface area contributed by atoms with Crippen LogP contribution in [0.2, 0.25) is 0 Å². The fourth-order valence-electron chi connectivity index (χ4n) is 4.22. The molecule has 2 aromatic rings. The molecule has 1 fully saturated rings. The molecule has 1 saturated heterocycles. The number of urea groups is 1. The first-order valence-electron chi connectivity index (χ1n) is 10.6. The van der Waals surface area contributed by atoms with Gasteiger partial charge in [0, 0.05) is 29.5 Å². The predicted octanol–water partition coefficient (Wildman–Crippen LogP) is 4.32. The molecule has 2 N–H and O–H groups in total. The van der Waals surface area contributed by atoms with Gasteiger partial charge in [-0.3, -0.25) is 10.2 Å². The number of H-pyrrole nitrogens is 1. The summed E-state index contributed by atoms with van der Waals surface area (Å²) in [4.78, 5) is 27.1. The van der Waals surface area contributed by atoms with Gasteiger partial charge in [-0.25, -0.2) is 14.8 Å². The third-order valence-electron chi connectivity index (χ3n) is 5.75. The molecule has 1 aromatic heterocycles. The molecule has 1 atom stereocenters. The van der Waals surface area contributed by atoms with E-state index in [2.05, 4.69) is 42.7 Å². The maximum atomic E-state index is 13.2. The third kappa shape index (κ3) is 3.62. The maximum absolute atomic E-state index is 13.2. The van der Waals surface area contributed by atoms with Gasteiger partial charge in [0.1, 0.15) is 30.9 Å². The van der Waals surface area contributed by atoms with Gasteiger partial charge >= 0.3 is 6.03 Å². The van der Waals surface area contributed by atoms with Gasteiger partial charge in [-0.15, -0.1) is 0 Å². The number of imidazole rings is 1. The molecule has 2 aliphatic carbocycles. The predicted molar refractivity (Wildman–Crippen MR) is 127 cm³/mol. The Bertz CT molecular complexity index is 1420. The number of nitrogens with zero attached hydrogens (tertiary/aromatic N) is 3. The number of benzene rings is 1. The van der Waals surface area contributed by atoms with Crippen molar-refractivity contribution >= 4 is 44.5 Å². The summed E-state index contributed by atoms with van der Waals surface area (Å²) >= 11 is 3.41. The van der Waals surface area contributed by atoms with Crippen LogP contribution in [-0.4, -0.2) is 41.1 Å². The number of ether oxygens (including phenoxy) is 2. The Morgan fingerprint density at radius 1 is 1.18 bits per heavy atom. The zero-order valence-corrected chi connectivity index (χ0v) is 19.0. The Morgan fingerprint density at radius 2 is 2.09 bits per heavy atom. The minimum Gasteiger partial charge on any atom is -0.491 e. The first-order valence-corrected chi connectivity index (χ1v) is 11.4. The van der Waals surface area contributed by atoms with Gasteiger partial charge < -0.3 is 14.5 Å². The fourth-order valence-corrected chi connectivity index (χ4v) is 4.45. The quantitative estimate of drug-likeness (QED) is 0.609. The van der Waals surface area contributed by atoms with Crippen LogP contribution in [0.3, 0.4) is 0 Å². The fraction of sp³-hybridized carbons (Fsp3) is 0.208. The molecule has 0 radical (unpaired) electrons. The highest BCUT2D eigenvalue weighted by atomic mass is 79.9. The van der Waals surface area contributed by atoms with E-state index in [9.17, 15) is 4.79 Å². The average Bonchev–Trinajstić information content (AvgIpc) is 3.43. The van der Waals surface area contributed by atoms with Crippen LogP contribution < -0.4 is 10.2 Å². The number of hydrogen-bond donors (Lipinski definition) is 2. The molecule has 9 heteroatoms. The average molecular weight is 504 g/mol. The molecule has 6 rings (SSSR count). The van der Waals surface area contributed by atoms with E-state index in [0.717, 1.165) is 38.3 Å². The van der Waals surface area contributed by atoms with E-state index in [4.69, 9.17) is 14.5 Å². The van der Waals surface area contributed by atoms with Crippen LogP contribution in [0.4, 0.5) is 10.5 Å². The summed E-state index contributed by atoms with van der Waals surface area (Å²) in [6, 6.07) is 4.93. The van der Waals surface area contributed by atoms with Crippen LogP contribution >= 0.6 is 15.9 Å². The number of carbonyl (C=O) groups is 1. The molecule has 1 unspecified atom stereocenters. The van der Waals surface area contributed by atoms with Gasteiger partial charge in [0.15, 0.2) is 5.76 Å². The third-order valence-corrected chi connectivity index (χ3v) is 6.21. The lowest BCUT2D eigenvalue weighted by Gasteiger charge is -2.25. The zero-order chi connectivity index (χ0) is 22.4. The van der Waals surface area contributed by atoms with E-state index in [1.807, 2.05) is 36.4 Å². The Labute approximate surface area is 197 Å². The summed E-state index contributed by atoms with van der Waals surface area (Å²) in [5.41, 5.74) is 10.2. The highest BCUT2D eigenvalue weighted by Gasteiger charge is 2.40. The van der Waals surface area contributed by atoms with Gasteiger partial charge in [-0.05, 0) is 52.7 Å². The van der Waals surface area contributed by atoms with Gasteiger partial charge in [0.05, 0.1) is 21.8 Å². The summed E-state index contributed by atoms with van der Waals surface area (Å²) in [6.07, 6.45) is 8.73. The lowest BCUT2D eigenvalue weighted by atomic mass is 10.0. The van der Waals surface area contributed by atoms with E-state index in [-0.39, 0.29) is 6.03 Å². The Morgan fingerprint density at radius 3 is 2.97 bits per heavy atom. The molecular formula is C24H18BrN5O3. The van der Waals surface area contributed by atoms with Crippen molar-refractivity contribution in [3.8, 4) is 0 Å². The van der Waals surface area contributed by atoms with Crippen LogP contribution in [0.5, 0.6) is 0 Å². The van der Waals surface area contributed by atoms with Crippen LogP contribution in [0, 0.1) is 0 Å². The monoisotopic (exact) mass is 503 g/mol. The molecule has 3 heterocycles. The van der Waals surface area contributed by atoms with E-state index in [1.165, 1.54) is 0 Å². The number of nitrogens with one attached hydrogen (secondary N) is 2. The molecule has 1 aromatic carbocycles. The van der Waals surface area contributed by atoms with Gasteiger partial charge in [-0.1, -0.05) is 11.5 Å². The van der Waals surface area contributed by atoms with E-state index in [0.29, 0.717) is 37.6 Å². The summed E-state index contributed by atoms with van der Waals surface area (Å²) in [5, 5.41) is 2.96. The lowest BCUT2D eigenvalue weighted by molar-refractivity contribution is 0.0624. The van der Waals surface area contributed by atoms with Gasteiger partial charge in [0.2, 0.25) is 0 Å². The minimum atomic E-state index is -0.488. The highest BCUT2D eigenvalue weighted by Crippen LogP contribution is 2.32. The summed E-state index contributed by atoms with van der Waals surface area (Å²) in [6.45, 7) is 1.09. The second-order valence-corrected chi connectivity index (χ2v) is 8.66. The Kier molecular flexibility index (Phi) is 4.80. The smallest absolute Gasteiger partial charge is 0.328 e. The van der Waals surface area contributed by atoms with Crippen molar-refractivity contribution in [1.82, 2.24) is 15.3 Å². The summed E-state index contributed by atoms with van der Waals surface area (Å²) in [5.74, 6) is 2.11. The van der Waals surface area contributed by atoms with Crippen molar-refractivity contribution in [2.24, 2.45) is 4.99 Å². The summed E-state index contributed by atoms with van der Waals surface area (Å²) < 4.78 is 12.2. The number of hydrogen-bond acceptors (Lipinski definition) is 5. The minimum absolute atomic E-state index is 0.265. The molecule has 0 spiro atoms. The van der Waals surface area contributed by atoms with Crippen LogP contribution in [-0.2, 0) is 9.47 Å². The van der Waals surface area contributed by atoms with E-state index in [1.54, 1.807) is 11.2 Å². The molecule has 4 aliphatic rings. The van der Waals surface area contributed by atoms with E-state index < -0.39 is 6.04 Å². The van der Waals surface area contributed by atoms with Crippen molar-refractivity contribution in [3.05, 3.63) is 81.5 Å². The van der Waals surface area contributed by atoms with E-state index >= 15 is 0 Å². The second-order valence-electron chi connectivity index (χ2n) is 7.81. The number of aromatic nitrogens is 2. The van der Waals surface area contributed by atoms with Crippen LogP contribution in [0.25, 0.3) is 11.0 Å². The number of allylic oxidation sites excluding steroid dienone is 5. The number of aromatic amines is 1. The Balaban J connectivity index is 1.44. The van der Waals surface area contributed by atoms with Gasteiger partial charge in [0.25, 0.3) is 0 Å². The van der Waals surface area contributed by atoms with Crippen molar-refractivity contribution in [2.45, 2.75) is 18.9 Å². The lowest BCUT2D eigenvalue weighted by Crippen LogP contribution is -2.36. The first-order chi connectivity index (χ1) is 16.2. The molecule has 33 heavy (non-hydrogen) atoms. The number of anilines is 1. The molecule has 0 bridgehead atoms. The molecule has 0 saturated carbocycles. The van der Waals surface area contributed by atoms with Crippen LogP contribution in [0.1, 0.15) is 12.8 Å². The number of carbonyl (C=O) groups excluding carboxylic acids is 1. The number of halogens is 1. The number of aliphatic imine (C=N–C) groups is 1. The Hall–Kier alpha value is -3.77. The largest absolute Gasteiger partial charge is 0.491 e. The van der Waals surface area contributed by atoms with Crippen LogP contribution in [0.15, 0.2) is 86.5 Å². The highest BCUT2D eigenvalue weighted by molar-refractivity contribution is 9.11. The maximum Gasteiger partial charge on any atom is 0.328 e. The normalized spacial score (nSPS) is 23.1. The molecule has 2 aliphatic heterocycles. The van der Waals surface area contributed by atoms with Crippen molar-refractivity contribution in [3.63, 3.8) is 0 Å². The molecule has 164 valence electrons.